The Kier molecular flexibility index (Phi) is 8.10. The molecular weight excluding hydrogens is 444 g/mol. The lowest BCUT2D eigenvalue weighted by Gasteiger charge is -2.36. The third kappa shape index (κ3) is 5.99. The number of aryl methyl sites for hydroxylation is 2. The molecule has 0 saturated carbocycles. The molecule has 8 heteroatoms. The molecule has 2 N–H and O–H groups in total. The Balaban J connectivity index is 1.57. The van der Waals surface area contributed by atoms with Crippen molar-refractivity contribution in [2.45, 2.75) is 33.6 Å². The molecule has 2 amide bonds. The van der Waals surface area contributed by atoms with Gasteiger partial charge in [0.2, 0.25) is 5.91 Å². The van der Waals surface area contributed by atoms with Gasteiger partial charge in [0.25, 0.3) is 5.91 Å². The fraction of sp³-hybridized carbons (Fsp3) is 0.375. The minimum absolute atomic E-state index is 0.208. The Morgan fingerprint density at radius 2 is 1.75 bits per heavy atom. The minimum atomic E-state index is -0.260. The van der Waals surface area contributed by atoms with Crippen molar-refractivity contribution >= 4 is 52.1 Å². The van der Waals surface area contributed by atoms with Crippen LogP contribution in [-0.2, 0) is 4.79 Å². The topological polar surface area (TPSA) is 64.7 Å². The first-order valence-corrected chi connectivity index (χ1v) is 11.6. The van der Waals surface area contributed by atoms with Crippen molar-refractivity contribution < 1.29 is 9.59 Å². The highest BCUT2D eigenvalue weighted by molar-refractivity contribution is 7.80. The highest BCUT2D eigenvalue weighted by Gasteiger charge is 2.22. The fourth-order valence-corrected chi connectivity index (χ4v) is 4.14. The van der Waals surface area contributed by atoms with Crippen LogP contribution in [0, 0.1) is 13.8 Å². The van der Waals surface area contributed by atoms with E-state index in [1.165, 1.54) is 0 Å². The maximum atomic E-state index is 12.5. The number of amides is 2. The van der Waals surface area contributed by atoms with E-state index < -0.39 is 0 Å². The van der Waals surface area contributed by atoms with Crippen LogP contribution in [0.15, 0.2) is 36.4 Å². The predicted octanol–water partition coefficient (Wildman–Crippen LogP) is 4.53. The molecule has 0 atom stereocenters. The maximum absolute atomic E-state index is 12.5. The summed E-state index contributed by atoms with van der Waals surface area (Å²) in [6.07, 6.45) is 1.47. The minimum Gasteiger partial charge on any atom is -0.367 e. The lowest BCUT2D eigenvalue weighted by atomic mass is 10.1. The molecule has 1 aliphatic heterocycles. The average Bonchev–Trinajstić information content (AvgIpc) is 2.76. The van der Waals surface area contributed by atoms with Crippen LogP contribution in [-0.4, -0.2) is 48.0 Å². The van der Waals surface area contributed by atoms with Crippen LogP contribution < -0.4 is 15.5 Å². The number of thiocarbonyl (C=S) groups is 1. The molecule has 2 aromatic carbocycles. The molecule has 32 heavy (non-hydrogen) atoms. The van der Waals surface area contributed by atoms with E-state index in [4.69, 9.17) is 23.8 Å². The molecule has 170 valence electrons. The summed E-state index contributed by atoms with van der Waals surface area (Å²) < 4.78 is 0. The molecule has 0 unspecified atom stereocenters. The number of hydrogen-bond acceptors (Lipinski definition) is 4. The van der Waals surface area contributed by atoms with Crippen LogP contribution in [0.25, 0.3) is 0 Å². The Labute approximate surface area is 199 Å². The zero-order chi connectivity index (χ0) is 23.3. The van der Waals surface area contributed by atoms with Crippen LogP contribution in [0.5, 0.6) is 0 Å². The Morgan fingerprint density at radius 3 is 2.38 bits per heavy atom. The van der Waals surface area contributed by atoms with Crippen LogP contribution in [0.2, 0.25) is 5.02 Å². The van der Waals surface area contributed by atoms with E-state index >= 15 is 0 Å². The summed E-state index contributed by atoms with van der Waals surface area (Å²) in [4.78, 5) is 28.6. The van der Waals surface area contributed by atoms with Crippen molar-refractivity contribution in [1.29, 1.82) is 0 Å². The van der Waals surface area contributed by atoms with Crippen LogP contribution in [0.4, 0.5) is 11.4 Å². The monoisotopic (exact) mass is 472 g/mol. The van der Waals surface area contributed by atoms with E-state index in [0.29, 0.717) is 35.8 Å². The Morgan fingerprint density at radius 1 is 1.03 bits per heavy atom. The number of benzene rings is 2. The van der Waals surface area contributed by atoms with Gasteiger partial charge < -0.3 is 15.1 Å². The molecule has 3 rings (SSSR count). The van der Waals surface area contributed by atoms with E-state index in [0.717, 1.165) is 36.3 Å². The smallest absolute Gasteiger partial charge is 0.257 e. The first kappa shape index (κ1) is 24.0. The third-order valence-corrected chi connectivity index (χ3v) is 6.15. The molecular formula is C24H29ClN4O2S. The van der Waals surface area contributed by atoms with Gasteiger partial charge in [-0.1, -0.05) is 24.6 Å². The number of carbonyl (C=O) groups is 2. The number of hydrogen-bond donors (Lipinski definition) is 2. The quantitative estimate of drug-likeness (QED) is 0.626. The fourth-order valence-electron chi connectivity index (χ4n) is 3.63. The van der Waals surface area contributed by atoms with Gasteiger partial charge in [0.15, 0.2) is 5.11 Å². The van der Waals surface area contributed by atoms with Gasteiger partial charge >= 0.3 is 0 Å². The van der Waals surface area contributed by atoms with E-state index in [1.807, 2.05) is 49.9 Å². The van der Waals surface area contributed by atoms with Gasteiger partial charge in [0.1, 0.15) is 0 Å². The van der Waals surface area contributed by atoms with E-state index in [-0.39, 0.29) is 16.9 Å². The summed E-state index contributed by atoms with van der Waals surface area (Å²) >= 11 is 11.8. The van der Waals surface area contributed by atoms with Gasteiger partial charge in [0, 0.05) is 43.9 Å². The molecule has 1 fully saturated rings. The number of nitrogens with zero attached hydrogens (tertiary/aromatic N) is 2. The van der Waals surface area contributed by atoms with Crippen molar-refractivity contribution in [2.75, 3.05) is 36.4 Å². The van der Waals surface area contributed by atoms with E-state index in [2.05, 4.69) is 15.5 Å². The number of carbonyl (C=O) groups excluding carboxylic acids is 2. The van der Waals surface area contributed by atoms with Crippen molar-refractivity contribution in [3.63, 3.8) is 0 Å². The molecule has 0 aliphatic carbocycles. The molecule has 0 aromatic heterocycles. The number of rotatable bonds is 5. The zero-order valence-electron chi connectivity index (χ0n) is 18.7. The average molecular weight is 473 g/mol. The van der Waals surface area contributed by atoms with Gasteiger partial charge in [-0.3, -0.25) is 14.9 Å². The van der Waals surface area contributed by atoms with Crippen molar-refractivity contribution in [1.82, 2.24) is 10.2 Å². The summed E-state index contributed by atoms with van der Waals surface area (Å²) in [5.41, 5.74) is 4.35. The molecule has 0 spiro atoms. The predicted molar refractivity (Wildman–Crippen MR) is 135 cm³/mol. The lowest BCUT2D eigenvalue weighted by Crippen LogP contribution is -2.48. The number of piperazine rings is 1. The normalized spacial score (nSPS) is 13.6. The SMILES string of the molecule is CCCC(=O)N1CCN(c2ccc(NC(=S)NC(=O)c3ccc(C)c(C)c3)cc2Cl)CC1. The Hall–Kier alpha value is -2.64. The highest BCUT2D eigenvalue weighted by atomic mass is 35.5. The summed E-state index contributed by atoms with van der Waals surface area (Å²) in [6, 6.07) is 11.1. The summed E-state index contributed by atoms with van der Waals surface area (Å²) in [7, 11) is 0. The molecule has 2 aromatic rings. The van der Waals surface area contributed by atoms with E-state index in [1.54, 1.807) is 12.1 Å². The largest absolute Gasteiger partial charge is 0.367 e. The summed E-state index contributed by atoms with van der Waals surface area (Å²) in [6.45, 7) is 8.87. The Bertz CT molecular complexity index is 1020. The van der Waals surface area contributed by atoms with Crippen LogP contribution >= 0.6 is 23.8 Å². The molecule has 1 aliphatic rings. The summed E-state index contributed by atoms with van der Waals surface area (Å²) in [5.74, 6) is -0.0436. The molecule has 1 saturated heterocycles. The van der Waals surface area contributed by atoms with Crippen molar-refractivity contribution in [3.05, 3.63) is 58.1 Å². The number of nitrogens with one attached hydrogen (secondary N) is 2. The second kappa shape index (κ2) is 10.8. The standard InChI is InChI=1S/C24H29ClN4O2S/c1-4-5-22(30)29-12-10-28(11-13-29)21-9-8-19(15-20(21)25)26-24(32)27-23(31)18-7-6-16(2)17(3)14-18/h6-9,14-15H,4-5,10-13H2,1-3H3,(H2,26,27,31,32). The number of halogens is 1. The maximum Gasteiger partial charge on any atom is 0.257 e. The van der Waals surface area contributed by atoms with Gasteiger partial charge in [-0.05, 0) is 73.9 Å². The molecule has 6 nitrogen and oxygen atoms in total. The molecule has 0 bridgehead atoms. The lowest BCUT2D eigenvalue weighted by molar-refractivity contribution is -0.131. The van der Waals surface area contributed by atoms with Gasteiger partial charge in [-0.25, -0.2) is 0 Å². The molecule has 1 heterocycles. The van der Waals surface area contributed by atoms with Gasteiger partial charge in [-0.2, -0.15) is 0 Å². The molecule has 0 radical (unpaired) electrons. The highest BCUT2D eigenvalue weighted by Crippen LogP contribution is 2.29. The summed E-state index contributed by atoms with van der Waals surface area (Å²) in [5, 5.41) is 6.52. The van der Waals surface area contributed by atoms with Crippen LogP contribution in [0.1, 0.15) is 41.3 Å². The number of anilines is 2. The first-order chi connectivity index (χ1) is 15.3. The van der Waals surface area contributed by atoms with Crippen molar-refractivity contribution in [3.8, 4) is 0 Å². The third-order valence-electron chi connectivity index (χ3n) is 5.64. The van der Waals surface area contributed by atoms with E-state index in [9.17, 15) is 9.59 Å². The van der Waals surface area contributed by atoms with Crippen LogP contribution in [0.3, 0.4) is 0 Å². The second-order valence-electron chi connectivity index (χ2n) is 7.99. The first-order valence-electron chi connectivity index (χ1n) is 10.8. The van der Waals surface area contributed by atoms with Gasteiger partial charge in [0.05, 0.1) is 10.7 Å². The second-order valence-corrected chi connectivity index (χ2v) is 8.81. The van der Waals surface area contributed by atoms with Gasteiger partial charge in [-0.15, -0.1) is 0 Å². The zero-order valence-corrected chi connectivity index (χ0v) is 20.3. The van der Waals surface area contributed by atoms with Crippen molar-refractivity contribution in [2.24, 2.45) is 0 Å².